The van der Waals surface area contributed by atoms with Crippen molar-refractivity contribution in [3.8, 4) is 11.3 Å². The summed E-state index contributed by atoms with van der Waals surface area (Å²) in [5.74, 6) is 0.943. The van der Waals surface area contributed by atoms with Gasteiger partial charge in [-0.2, -0.15) is 0 Å². The maximum absolute atomic E-state index is 12.0. The van der Waals surface area contributed by atoms with E-state index < -0.39 is 0 Å². The Hall–Kier alpha value is -2.46. The van der Waals surface area contributed by atoms with E-state index in [4.69, 9.17) is 4.98 Å². The quantitative estimate of drug-likeness (QED) is 0.0915. The topological polar surface area (TPSA) is 50.2 Å². The van der Waals surface area contributed by atoms with Crippen molar-refractivity contribution in [1.82, 2.24) is 4.98 Å². The zero-order chi connectivity index (χ0) is 33.1. The maximum atomic E-state index is 12.0. The molecule has 1 aromatic heterocycles. The number of benzene rings is 3. The molecule has 1 aliphatic rings. The number of aromatic nitrogens is 1. The number of carbonyl (C=O) groups excluding carboxylic acids is 1. The van der Waals surface area contributed by atoms with Crippen LogP contribution in [0.5, 0.6) is 0 Å². The van der Waals surface area contributed by atoms with Crippen LogP contribution in [0.2, 0.25) is 0 Å². The first-order valence-electron chi connectivity index (χ1n) is 16.8. The van der Waals surface area contributed by atoms with E-state index in [0.717, 1.165) is 37.8 Å². The SMILES string of the molecule is CC(C)c1cc2c3c(nccc3c1)-c1[c-]c3ccccc3c(CC(C)(C)C)c1S2.CCC(CC)/C(O)=C/C(=O)C(C)(CC)CC.[Ir]. The Morgan fingerprint density at radius 1 is 1.00 bits per heavy atom. The Labute approximate surface area is 295 Å². The molecule has 1 aliphatic heterocycles. The van der Waals surface area contributed by atoms with E-state index in [0.29, 0.717) is 5.92 Å². The van der Waals surface area contributed by atoms with Gasteiger partial charge >= 0.3 is 0 Å². The third-order valence-corrected chi connectivity index (χ3v) is 10.7. The fourth-order valence-corrected chi connectivity index (χ4v) is 7.34. The van der Waals surface area contributed by atoms with E-state index in [2.05, 4.69) is 83.1 Å². The molecular weight excluding hydrogens is 763 g/mol. The summed E-state index contributed by atoms with van der Waals surface area (Å²) in [5.41, 5.74) is 4.97. The minimum atomic E-state index is -0.319. The fourth-order valence-electron chi connectivity index (χ4n) is 6.05. The van der Waals surface area contributed by atoms with Gasteiger partial charge in [0.15, 0.2) is 5.78 Å². The first-order valence-corrected chi connectivity index (χ1v) is 17.6. The standard InChI is InChI=1S/C27H26NS.C14H26O2.Ir/c1-16(2)19-12-18-10-11-28-25-21-13-17-8-6-7-9-20(17)22(15-27(3,4)5)26(21)29-23(14-19)24(18)25;1-6-11(7-2)12(15)10-13(16)14(5,8-3)9-4;/h6-12,14,16H,15H2,1-5H3;10-11,15H,6-9H2,1-5H3;/q-1;;/b;12-10-;. The average molecular weight is 815 g/mol. The van der Waals surface area contributed by atoms with Crippen molar-refractivity contribution in [2.75, 3.05) is 0 Å². The number of nitrogens with zero attached hydrogens (tertiary/aromatic N) is 1. The predicted octanol–water partition coefficient (Wildman–Crippen LogP) is 12.3. The fraction of sp³-hybridized carbons (Fsp3) is 0.463. The Balaban J connectivity index is 0.000000293. The normalized spacial score (nSPS) is 13.0. The minimum Gasteiger partial charge on any atom is -0.512 e. The van der Waals surface area contributed by atoms with Crippen LogP contribution in [0.15, 0.2) is 70.3 Å². The third-order valence-electron chi connectivity index (χ3n) is 9.52. The predicted molar refractivity (Wildman–Crippen MR) is 193 cm³/mol. The van der Waals surface area contributed by atoms with Gasteiger partial charge in [0.05, 0.1) is 5.76 Å². The van der Waals surface area contributed by atoms with Crippen LogP contribution >= 0.6 is 11.8 Å². The Bertz CT molecular complexity index is 1710. The van der Waals surface area contributed by atoms with Crippen molar-refractivity contribution in [1.29, 1.82) is 0 Å². The molecule has 0 bridgehead atoms. The van der Waals surface area contributed by atoms with Crippen LogP contribution in [-0.2, 0) is 31.3 Å². The van der Waals surface area contributed by atoms with Crippen LogP contribution in [0.4, 0.5) is 0 Å². The second kappa shape index (κ2) is 15.6. The number of carbonyl (C=O) groups is 1. The number of allylic oxidation sites excluding steroid dienone is 2. The number of hydrogen-bond acceptors (Lipinski definition) is 4. The zero-order valence-corrected chi connectivity index (χ0v) is 32.6. The minimum absolute atomic E-state index is 0. The van der Waals surface area contributed by atoms with Gasteiger partial charge in [0.2, 0.25) is 0 Å². The second-order valence-corrected chi connectivity index (χ2v) is 15.4. The molecule has 4 aromatic rings. The van der Waals surface area contributed by atoms with E-state index >= 15 is 0 Å². The summed E-state index contributed by atoms with van der Waals surface area (Å²) in [6.45, 7) is 21.6. The van der Waals surface area contributed by atoms with Gasteiger partial charge in [0.1, 0.15) is 0 Å². The smallest absolute Gasteiger partial charge is 0.164 e. The molecule has 3 aromatic carbocycles. The van der Waals surface area contributed by atoms with Gasteiger partial charge in [-0.05, 0) is 76.8 Å². The van der Waals surface area contributed by atoms with Crippen molar-refractivity contribution < 1.29 is 30.0 Å². The number of hydrogen-bond donors (Lipinski definition) is 1. The summed E-state index contributed by atoms with van der Waals surface area (Å²) >= 11 is 1.92. The molecule has 1 radical (unpaired) electrons. The van der Waals surface area contributed by atoms with Crippen molar-refractivity contribution >= 4 is 39.1 Å². The Kier molecular flexibility index (Phi) is 12.9. The van der Waals surface area contributed by atoms with Gasteiger partial charge in [0, 0.05) is 54.3 Å². The summed E-state index contributed by atoms with van der Waals surface area (Å²) in [6, 6.07) is 19.3. The van der Waals surface area contributed by atoms with Crippen LogP contribution in [0, 0.1) is 22.8 Å². The third kappa shape index (κ3) is 8.15. The molecule has 0 spiro atoms. The summed E-state index contributed by atoms with van der Waals surface area (Å²) in [5, 5.41) is 15.0. The summed E-state index contributed by atoms with van der Waals surface area (Å²) in [4.78, 5) is 19.6. The summed E-state index contributed by atoms with van der Waals surface area (Å²) in [7, 11) is 0. The maximum Gasteiger partial charge on any atom is 0.164 e. The summed E-state index contributed by atoms with van der Waals surface area (Å²) in [6.07, 6.45) is 7.82. The monoisotopic (exact) mass is 815 g/mol. The van der Waals surface area contributed by atoms with E-state index in [9.17, 15) is 9.90 Å². The molecule has 0 fully saturated rings. The van der Waals surface area contributed by atoms with Gasteiger partial charge < -0.3 is 5.11 Å². The first kappa shape index (κ1) is 38.0. The van der Waals surface area contributed by atoms with Crippen molar-refractivity contribution in [2.45, 2.75) is 117 Å². The largest absolute Gasteiger partial charge is 0.512 e. The molecule has 1 N–H and O–H groups in total. The molecule has 0 saturated heterocycles. The molecule has 249 valence electrons. The van der Waals surface area contributed by atoms with E-state index in [1.54, 1.807) is 0 Å². The second-order valence-electron chi connectivity index (χ2n) is 14.3. The molecule has 0 amide bonds. The van der Waals surface area contributed by atoms with Crippen molar-refractivity contribution in [3.05, 3.63) is 77.7 Å². The molecule has 0 aliphatic carbocycles. The Morgan fingerprint density at radius 2 is 1.65 bits per heavy atom. The molecule has 0 unspecified atom stereocenters. The first-order chi connectivity index (χ1) is 21.3. The van der Waals surface area contributed by atoms with Gasteiger partial charge in [0.25, 0.3) is 0 Å². The van der Waals surface area contributed by atoms with Gasteiger partial charge in [-0.3, -0.25) is 9.78 Å². The average Bonchev–Trinajstić information content (AvgIpc) is 3.01. The van der Waals surface area contributed by atoms with E-state index in [1.165, 1.54) is 54.1 Å². The van der Waals surface area contributed by atoms with E-state index in [1.807, 2.05) is 52.6 Å². The van der Waals surface area contributed by atoms with Gasteiger partial charge in [-0.25, -0.2) is 0 Å². The number of aliphatic hydroxyl groups excluding tert-OH is 1. The Morgan fingerprint density at radius 3 is 2.24 bits per heavy atom. The van der Waals surface area contributed by atoms with Crippen molar-refractivity contribution in [3.63, 3.8) is 0 Å². The molecule has 46 heavy (non-hydrogen) atoms. The molecule has 3 nitrogen and oxygen atoms in total. The van der Waals surface area contributed by atoms with Crippen LogP contribution in [-0.4, -0.2) is 15.9 Å². The molecule has 5 rings (SSSR count). The number of fused-ring (bicyclic) bond motifs is 3. The van der Waals surface area contributed by atoms with Crippen LogP contribution < -0.4 is 0 Å². The molecule has 0 saturated carbocycles. The molecule has 0 atom stereocenters. The number of aliphatic hydroxyl groups is 1. The number of pyridine rings is 1. The van der Waals surface area contributed by atoms with Gasteiger partial charge in [-0.1, -0.05) is 110 Å². The molecular formula is C41H52IrNO2S-. The molecule has 5 heteroatoms. The zero-order valence-electron chi connectivity index (χ0n) is 29.4. The van der Waals surface area contributed by atoms with E-state index in [-0.39, 0.29) is 48.4 Å². The number of ketones is 1. The summed E-state index contributed by atoms with van der Waals surface area (Å²) < 4.78 is 0. The van der Waals surface area contributed by atoms with Crippen molar-refractivity contribution in [2.24, 2.45) is 16.7 Å². The van der Waals surface area contributed by atoms with Crippen LogP contribution in [0.3, 0.4) is 0 Å². The van der Waals surface area contributed by atoms with Crippen LogP contribution in [0.1, 0.15) is 112 Å². The number of rotatable bonds is 9. The molecule has 2 heterocycles. The van der Waals surface area contributed by atoms with Crippen LogP contribution in [0.25, 0.3) is 32.8 Å². The van der Waals surface area contributed by atoms with Gasteiger partial charge in [-0.15, -0.1) is 29.3 Å².